The molecule has 3 rings (SSSR count). The van der Waals surface area contributed by atoms with E-state index in [9.17, 15) is 18.0 Å². The molecule has 10 heteroatoms. The average molecular weight is 396 g/mol. The predicted octanol–water partition coefficient (Wildman–Crippen LogP) is -0.280. The third-order valence-electron chi connectivity index (χ3n) is 4.81. The van der Waals surface area contributed by atoms with Gasteiger partial charge < -0.3 is 19.9 Å². The molecular weight excluding hydrogens is 372 g/mol. The lowest BCUT2D eigenvalue weighted by atomic mass is 10.2. The van der Waals surface area contributed by atoms with Crippen LogP contribution in [-0.2, 0) is 19.6 Å². The highest BCUT2D eigenvalue weighted by Crippen LogP contribution is 2.33. The Morgan fingerprint density at radius 3 is 2.59 bits per heavy atom. The predicted molar refractivity (Wildman–Crippen MR) is 99.2 cm³/mol. The first-order valence-electron chi connectivity index (χ1n) is 8.68. The molecule has 2 amide bonds. The zero-order valence-corrected chi connectivity index (χ0v) is 16.5. The summed E-state index contributed by atoms with van der Waals surface area (Å²) in [6, 6.07) is 2.96. The number of hydrogen-bond donors (Lipinski definition) is 1. The van der Waals surface area contributed by atoms with Crippen molar-refractivity contribution < 1.29 is 22.7 Å². The molecule has 0 aromatic heterocycles. The number of piperazine rings is 1. The molecule has 1 saturated heterocycles. The number of anilines is 1. The quantitative estimate of drug-likeness (QED) is 0.752. The van der Waals surface area contributed by atoms with Gasteiger partial charge in [0.1, 0.15) is 5.75 Å². The summed E-state index contributed by atoms with van der Waals surface area (Å²) >= 11 is 0. The van der Waals surface area contributed by atoms with Crippen molar-refractivity contribution in [2.24, 2.45) is 0 Å². The van der Waals surface area contributed by atoms with Crippen molar-refractivity contribution in [1.82, 2.24) is 14.1 Å². The van der Waals surface area contributed by atoms with Crippen LogP contribution < -0.4 is 10.1 Å². The summed E-state index contributed by atoms with van der Waals surface area (Å²) in [4.78, 5) is 27.8. The lowest BCUT2D eigenvalue weighted by molar-refractivity contribution is -0.132. The lowest BCUT2D eigenvalue weighted by Gasteiger charge is -2.33. The molecular formula is C17H24N4O5S. The van der Waals surface area contributed by atoms with Crippen LogP contribution in [0, 0.1) is 6.92 Å². The van der Waals surface area contributed by atoms with Gasteiger partial charge in [0.2, 0.25) is 15.9 Å². The number of ether oxygens (including phenoxy) is 1. The normalized spacial score (nSPS) is 18.1. The number of aryl methyl sites for hydroxylation is 1. The van der Waals surface area contributed by atoms with Gasteiger partial charge in [-0.3, -0.25) is 9.59 Å². The fraction of sp³-hybridized carbons (Fsp3) is 0.529. The van der Waals surface area contributed by atoms with E-state index >= 15 is 0 Å². The number of carbonyl (C=O) groups is 2. The zero-order chi connectivity index (χ0) is 19.8. The highest BCUT2D eigenvalue weighted by Gasteiger charge is 2.29. The van der Waals surface area contributed by atoms with E-state index in [1.807, 2.05) is 7.05 Å². The molecule has 148 valence electrons. The maximum absolute atomic E-state index is 13.0. The fourth-order valence-electron chi connectivity index (χ4n) is 3.09. The van der Waals surface area contributed by atoms with E-state index in [-0.39, 0.29) is 29.9 Å². The summed E-state index contributed by atoms with van der Waals surface area (Å²) < 4.78 is 32.3. The van der Waals surface area contributed by atoms with Crippen molar-refractivity contribution in [3.8, 4) is 5.75 Å². The van der Waals surface area contributed by atoms with Crippen molar-refractivity contribution in [1.29, 1.82) is 0 Å². The Balaban J connectivity index is 1.77. The van der Waals surface area contributed by atoms with Crippen molar-refractivity contribution >= 4 is 27.5 Å². The second-order valence-corrected chi connectivity index (χ2v) is 8.91. The van der Waals surface area contributed by atoms with E-state index in [4.69, 9.17) is 4.74 Å². The van der Waals surface area contributed by atoms with E-state index in [1.165, 1.54) is 13.1 Å². The molecule has 2 heterocycles. The molecule has 0 saturated carbocycles. The van der Waals surface area contributed by atoms with Gasteiger partial charge >= 0.3 is 0 Å². The first-order valence-corrected chi connectivity index (χ1v) is 10.1. The van der Waals surface area contributed by atoms with Crippen LogP contribution in [0.25, 0.3) is 0 Å². The summed E-state index contributed by atoms with van der Waals surface area (Å²) in [6.45, 7) is 3.99. The van der Waals surface area contributed by atoms with Gasteiger partial charge in [0.25, 0.3) is 5.91 Å². The molecule has 27 heavy (non-hydrogen) atoms. The number of amides is 2. The molecule has 0 unspecified atom stereocenters. The molecule has 1 aromatic carbocycles. The fourth-order valence-corrected chi connectivity index (χ4v) is 4.43. The van der Waals surface area contributed by atoms with Gasteiger partial charge in [-0.2, -0.15) is 4.31 Å². The van der Waals surface area contributed by atoms with Gasteiger partial charge in [-0.15, -0.1) is 0 Å². The van der Waals surface area contributed by atoms with Crippen LogP contribution in [0.1, 0.15) is 5.56 Å². The Morgan fingerprint density at radius 2 is 1.93 bits per heavy atom. The highest BCUT2D eigenvalue weighted by molar-refractivity contribution is 7.89. The molecule has 0 spiro atoms. The summed E-state index contributed by atoms with van der Waals surface area (Å²) in [5.74, 6) is -0.196. The topological polar surface area (TPSA) is 99.3 Å². The van der Waals surface area contributed by atoms with Crippen LogP contribution in [0.5, 0.6) is 5.75 Å². The first kappa shape index (κ1) is 19.6. The molecule has 1 aromatic rings. The van der Waals surface area contributed by atoms with Crippen LogP contribution in [0.3, 0.4) is 0 Å². The zero-order valence-electron chi connectivity index (χ0n) is 15.7. The molecule has 0 atom stereocenters. The molecule has 0 bridgehead atoms. The van der Waals surface area contributed by atoms with Gasteiger partial charge in [0, 0.05) is 39.3 Å². The minimum absolute atomic E-state index is 0.0612. The summed E-state index contributed by atoms with van der Waals surface area (Å²) in [7, 11) is -0.497. The van der Waals surface area contributed by atoms with Crippen LogP contribution in [0.2, 0.25) is 0 Å². The Kier molecular flexibility index (Phi) is 5.41. The van der Waals surface area contributed by atoms with E-state index in [2.05, 4.69) is 10.2 Å². The van der Waals surface area contributed by atoms with Crippen molar-refractivity contribution in [2.45, 2.75) is 11.8 Å². The largest absolute Gasteiger partial charge is 0.482 e. The number of likely N-dealkylation sites (N-methyl/N-ethyl adjacent to an activating group) is 2. The average Bonchev–Trinajstić information content (AvgIpc) is 2.61. The smallest absolute Gasteiger partial charge is 0.262 e. The van der Waals surface area contributed by atoms with Crippen LogP contribution in [-0.4, -0.2) is 87.8 Å². The van der Waals surface area contributed by atoms with Crippen molar-refractivity contribution in [3.63, 3.8) is 0 Å². The summed E-state index contributed by atoms with van der Waals surface area (Å²) in [6.07, 6.45) is 0. The Bertz CT molecular complexity index is 862. The summed E-state index contributed by atoms with van der Waals surface area (Å²) in [5.41, 5.74) is 0.914. The van der Waals surface area contributed by atoms with Crippen LogP contribution in [0.4, 0.5) is 5.69 Å². The SMILES string of the molecule is Cc1cc2c(cc1S(=O)(=O)N(C)CC(=O)N1CCN(C)CC1)OCC(=O)N2. The molecule has 1 fully saturated rings. The van der Waals surface area contributed by atoms with E-state index in [1.54, 1.807) is 17.9 Å². The molecule has 9 nitrogen and oxygen atoms in total. The summed E-state index contributed by atoms with van der Waals surface area (Å²) in [5, 5.41) is 2.65. The third kappa shape index (κ3) is 4.07. The molecule has 0 radical (unpaired) electrons. The van der Waals surface area contributed by atoms with Crippen molar-refractivity contribution in [2.75, 3.05) is 58.7 Å². The number of rotatable bonds is 4. The van der Waals surface area contributed by atoms with Crippen LogP contribution in [0.15, 0.2) is 17.0 Å². The number of sulfonamides is 1. The van der Waals surface area contributed by atoms with Gasteiger partial charge in [-0.1, -0.05) is 0 Å². The monoisotopic (exact) mass is 396 g/mol. The standard InChI is InChI=1S/C17H24N4O5S/c1-12-8-13-14(26-11-16(22)18-13)9-15(12)27(24,25)20(3)10-17(23)21-6-4-19(2)5-7-21/h8-9H,4-7,10-11H2,1-3H3,(H,18,22). The third-order valence-corrected chi connectivity index (χ3v) is 6.76. The highest BCUT2D eigenvalue weighted by atomic mass is 32.2. The molecule has 2 aliphatic rings. The molecule has 2 aliphatic heterocycles. The van der Waals surface area contributed by atoms with Crippen molar-refractivity contribution in [3.05, 3.63) is 17.7 Å². The van der Waals surface area contributed by atoms with Gasteiger partial charge in [0.05, 0.1) is 17.1 Å². The minimum Gasteiger partial charge on any atom is -0.482 e. The Labute approximate surface area is 158 Å². The number of carbonyl (C=O) groups excluding carboxylic acids is 2. The second-order valence-electron chi connectivity index (χ2n) is 6.90. The van der Waals surface area contributed by atoms with Crippen LogP contribution >= 0.6 is 0 Å². The lowest BCUT2D eigenvalue weighted by Crippen LogP contribution is -2.50. The number of nitrogens with zero attached hydrogens (tertiary/aromatic N) is 3. The molecule has 1 N–H and O–H groups in total. The Hall–Kier alpha value is -2.17. The van der Waals surface area contributed by atoms with E-state index in [0.717, 1.165) is 17.4 Å². The maximum Gasteiger partial charge on any atom is 0.262 e. The van der Waals surface area contributed by atoms with E-state index in [0.29, 0.717) is 30.1 Å². The van der Waals surface area contributed by atoms with Gasteiger partial charge in [-0.25, -0.2) is 8.42 Å². The van der Waals surface area contributed by atoms with Gasteiger partial charge in [-0.05, 0) is 25.6 Å². The first-order chi connectivity index (χ1) is 12.7. The maximum atomic E-state index is 13.0. The molecule has 0 aliphatic carbocycles. The number of nitrogens with one attached hydrogen (secondary N) is 1. The van der Waals surface area contributed by atoms with Gasteiger partial charge in [0.15, 0.2) is 6.61 Å². The van der Waals surface area contributed by atoms with E-state index < -0.39 is 10.0 Å². The Morgan fingerprint density at radius 1 is 1.26 bits per heavy atom. The second kappa shape index (κ2) is 7.45. The number of benzene rings is 1. The minimum atomic E-state index is -3.88. The number of fused-ring (bicyclic) bond motifs is 1. The number of hydrogen-bond acceptors (Lipinski definition) is 6.